The number of hydrogen-bond donors (Lipinski definition) is 1. The van der Waals surface area contributed by atoms with Crippen molar-refractivity contribution in [3.8, 4) is 0 Å². The average molecular weight is 175 g/mol. The minimum Gasteiger partial charge on any atom is -0.326 e. The van der Waals surface area contributed by atoms with Crippen LogP contribution in [-0.4, -0.2) is 5.78 Å². The van der Waals surface area contributed by atoms with Crippen molar-refractivity contribution >= 4 is 5.78 Å². The van der Waals surface area contributed by atoms with Gasteiger partial charge < -0.3 is 5.73 Å². The largest absolute Gasteiger partial charge is 0.326 e. The highest BCUT2D eigenvalue weighted by atomic mass is 16.1. The van der Waals surface area contributed by atoms with Gasteiger partial charge in [-0.05, 0) is 24.5 Å². The van der Waals surface area contributed by atoms with Crippen LogP contribution in [0.2, 0.25) is 0 Å². The molecule has 1 aromatic carbocycles. The molecule has 13 heavy (non-hydrogen) atoms. The monoisotopic (exact) mass is 175 g/mol. The van der Waals surface area contributed by atoms with Crippen LogP contribution in [0.15, 0.2) is 24.3 Å². The second-order valence-electron chi connectivity index (χ2n) is 3.54. The molecule has 1 aromatic rings. The van der Waals surface area contributed by atoms with E-state index < -0.39 is 0 Å². The summed E-state index contributed by atoms with van der Waals surface area (Å²) in [6, 6.07) is 7.63. The Kier molecular flexibility index (Phi) is 2.15. The quantitative estimate of drug-likeness (QED) is 0.711. The van der Waals surface area contributed by atoms with E-state index in [1.807, 2.05) is 24.3 Å². The molecule has 0 spiro atoms. The van der Waals surface area contributed by atoms with Gasteiger partial charge in [0.15, 0.2) is 5.78 Å². The number of Topliss-reactive ketones (excluding diaryl/α,β-unsaturated/α-hetero) is 1. The molecule has 68 valence electrons. The molecule has 0 atom stereocenters. The molecule has 0 radical (unpaired) electrons. The van der Waals surface area contributed by atoms with Crippen LogP contribution in [0.4, 0.5) is 0 Å². The molecule has 2 heteroatoms. The summed E-state index contributed by atoms with van der Waals surface area (Å²) in [4.78, 5) is 11.6. The lowest BCUT2D eigenvalue weighted by Crippen LogP contribution is -2.03. The summed E-state index contributed by atoms with van der Waals surface area (Å²) in [7, 11) is 0. The first kappa shape index (κ1) is 8.45. The lowest BCUT2D eigenvalue weighted by molar-refractivity contribution is 0.0967. The number of nitrogens with two attached hydrogens (primary N) is 1. The molecule has 1 aliphatic carbocycles. The van der Waals surface area contributed by atoms with Crippen LogP contribution in [0.3, 0.4) is 0 Å². The average Bonchev–Trinajstić information content (AvgIpc) is 3.00. The normalized spacial score (nSPS) is 15.8. The Morgan fingerprint density at radius 3 is 2.85 bits per heavy atom. The summed E-state index contributed by atoms with van der Waals surface area (Å²) in [6.45, 7) is 0.506. The van der Waals surface area contributed by atoms with Gasteiger partial charge in [0.1, 0.15) is 0 Å². The molecule has 2 N–H and O–H groups in total. The van der Waals surface area contributed by atoms with E-state index in [1.165, 1.54) is 0 Å². The smallest absolute Gasteiger partial charge is 0.165 e. The number of hydrogen-bond acceptors (Lipinski definition) is 2. The van der Waals surface area contributed by atoms with Gasteiger partial charge in [0.05, 0.1) is 0 Å². The lowest BCUT2D eigenvalue weighted by Gasteiger charge is -2.01. The zero-order chi connectivity index (χ0) is 9.26. The van der Waals surface area contributed by atoms with E-state index in [0.29, 0.717) is 12.5 Å². The summed E-state index contributed by atoms with van der Waals surface area (Å²) in [5.74, 6) is 0.586. The molecule has 0 bridgehead atoms. The maximum absolute atomic E-state index is 11.6. The second-order valence-corrected chi connectivity index (χ2v) is 3.54. The van der Waals surface area contributed by atoms with E-state index in [4.69, 9.17) is 5.73 Å². The van der Waals surface area contributed by atoms with E-state index >= 15 is 0 Å². The molecular weight excluding hydrogens is 162 g/mol. The molecule has 2 nitrogen and oxygen atoms in total. The second kappa shape index (κ2) is 3.30. The minimum atomic E-state index is 0.287. The number of benzene rings is 1. The first-order chi connectivity index (χ1) is 6.31. The van der Waals surface area contributed by atoms with Crippen LogP contribution in [0.1, 0.15) is 28.8 Å². The van der Waals surface area contributed by atoms with Crippen LogP contribution in [0, 0.1) is 5.92 Å². The molecule has 0 saturated heterocycles. The first-order valence-corrected chi connectivity index (χ1v) is 4.64. The summed E-state index contributed by atoms with van der Waals surface area (Å²) >= 11 is 0. The number of carbonyl (C=O) groups excluding carboxylic acids is 1. The fourth-order valence-electron chi connectivity index (χ4n) is 1.43. The van der Waals surface area contributed by atoms with Gasteiger partial charge in [-0.2, -0.15) is 0 Å². The van der Waals surface area contributed by atoms with E-state index in [-0.39, 0.29) is 5.78 Å². The van der Waals surface area contributed by atoms with Crippen LogP contribution in [0.25, 0.3) is 0 Å². The van der Waals surface area contributed by atoms with E-state index in [9.17, 15) is 4.79 Å². The standard InChI is InChI=1S/C11H13NO/c12-7-8-2-1-3-10(6-8)11(13)9-4-5-9/h1-3,6,9H,4-5,7,12H2. The Morgan fingerprint density at radius 1 is 1.46 bits per heavy atom. The van der Waals surface area contributed by atoms with Crippen molar-refractivity contribution in [2.45, 2.75) is 19.4 Å². The predicted octanol–water partition coefficient (Wildman–Crippen LogP) is 1.74. The van der Waals surface area contributed by atoms with Gasteiger partial charge >= 0.3 is 0 Å². The highest BCUT2D eigenvalue weighted by Crippen LogP contribution is 2.32. The van der Waals surface area contributed by atoms with E-state index in [1.54, 1.807) is 0 Å². The molecule has 0 aromatic heterocycles. The van der Waals surface area contributed by atoms with Crippen LogP contribution in [-0.2, 0) is 6.54 Å². The van der Waals surface area contributed by atoms with Crippen molar-refractivity contribution in [1.82, 2.24) is 0 Å². The Bertz CT molecular complexity index is 329. The minimum absolute atomic E-state index is 0.287. The van der Waals surface area contributed by atoms with Crippen molar-refractivity contribution in [2.75, 3.05) is 0 Å². The van der Waals surface area contributed by atoms with Crippen molar-refractivity contribution in [1.29, 1.82) is 0 Å². The third-order valence-electron chi connectivity index (χ3n) is 2.40. The summed E-state index contributed by atoms with van der Waals surface area (Å²) in [5, 5.41) is 0. The lowest BCUT2D eigenvalue weighted by atomic mass is 10.0. The highest BCUT2D eigenvalue weighted by molar-refractivity contribution is 5.99. The zero-order valence-electron chi connectivity index (χ0n) is 7.49. The van der Waals surface area contributed by atoms with E-state index in [2.05, 4.69) is 0 Å². The fourth-order valence-corrected chi connectivity index (χ4v) is 1.43. The molecule has 1 fully saturated rings. The maximum Gasteiger partial charge on any atom is 0.165 e. The van der Waals surface area contributed by atoms with E-state index in [0.717, 1.165) is 24.0 Å². The molecule has 0 amide bonds. The maximum atomic E-state index is 11.6. The molecule has 1 saturated carbocycles. The molecule has 1 aliphatic rings. The Labute approximate surface area is 77.8 Å². The van der Waals surface area contributed by atoms with Crippen molar-refractivity contribution in [3.05, 3.63) is 35.4 Å². The molecule has 0 heterocycles. The predicted molar refractivity (Wildman–Crippen MR) is 51.4 cm³/mol. The topological polar surface area (TPSA) is 43.1 Å². The molecule has 0 unspecified atom stereocenters. The van der Waals surface area contributed by atoms with Gasteiger partial charge in [-0.25, -0.2) is 0 Å². The van der Waals surface area contributed by atoms with Gasteiger partial charge in [0, 0.05) is 18.0 Å². The molecule has 0 aliphatic heterocycles. The Morgan fingerprint density at radius 2 is 2.23 bits per heavy atom. The summed E-state index contributed by atoms with van der Waals surface area (Å²) in [5.41, 5.74) is 7.36. The third-order valence-corrected chi connectivity index (χ3v) is 2.40. The van der Waals surface area contributed by atoms with Crippen molar-refractivity contribution in [2.24, 2.45) is 11.7 Å². The molecular formula is C11H13NO. The van der Waals surface area contributed by atoms with Crippen LogP contribution >= 0.6 is 0 Å². The van der Waals surface area contributed by atoms with Gasteiger partial charge in [-0.1, -0.05) is 18.2 Å². The number of rotatable bonds is 3. The first-order valence-electron chi connectivity index (χ1n) is 4.64. The van der Waals surface area contributed by atoms with Gasteiger partial charge in [-0.3, -0.25) is 4.79 Å². The summed E-state index contributed by atoms with van der Waals surface area (Å²) < 4.78 is 0. The number of carbonyl (C=O) groups is 1. The van der Waals surface area contributed by atoms with Crippen molar-refractivity contribution < 1.29 is 4.79 Å². The van der Waals surface area contributed by atoms with Crippen LogP contribution in [0.5, 0.6) is 0 Å². The van der Waals surface area contributed by atoms with Crippen molar-refractivity contribution in [3.63, 3.8) is 0 Å². The fraction of sp³-hybridized carbons (Fsp3) is 0.364. The van der Waals surface area contributed by atoms with Crippen LogP contribution < -0.4 is 5.73 Å². The summed E-state index contributed by atoms with van der Waals surface area (Å²) in [6.07, 6.45) is 2.12. The Hall–Kier alpha value is -1.15. The zero-order valence-corrected chi connectivity index (χ0v) is 7.49. The van der Waals surface area contributed by atoms with Gasteiger partial charge in [0.25, 0.3) is 0 Å². The Balaban J connectivity index is 2.23. The number of ketones is 1. The highest BCUT2D eigenvalue weighted by Gasteiger charge is 2.30. The third kappa shape index (κ3) is 1.78. The van der Waals surface area contributed by atoms with Gasteiger partial charge in [-0.15, -0.1) is 0 Å². The molecule has 2 rings (SSSR count). The SMILES string of the molecule is NCc1cccc(C(=O)C2CC2)c1. The van der Waals surface area contributed by atoms with Gasteiger partial charge in [0.2, 0.25) is 0 Å².